The van der Waals surface area contributed by atoms with Gasteiger partial charge in [0, 0.05) is 22.9 Å². The maximum absolute atomic E-state index is 5.13. The van der Waals surface area contributed by atoms with Crippen molar-refractivity contribution < 1.29 is 4.52 Å². The highest BCUT2D eigenvalue weighted by molar-refractivity contribution is 7.11. The predicted octanol–water partition coefficient (Wildman–Crippen LogP) is 2.22. The summed E-state index contributed by atoms with van der Waals surface area (Å²) in [6.07, 6.45) is 0. The molecular weight excluding hydrogens is 260 g/mol. The molecule has 19 heavy (non-hydrogen) atoms. The van der Waals surface area contributed by atoms with E-state index in [0.29, 0.717) is 6.54 Å². The summed E-state index contributed by atoms with van der Waals surface area (Å²) in [5, 5.41) is 10.3. The molecular formula is C13H18N4OS. The highest BCUT2D eigenvalue weighted by Crippen LogP contribution is 2.14. The van der Waals surface area contributed by atoms with Gasteiger partial charge >= 0.3 is 0 Å². The van der Waals surface area contributed by atoms with Crippen LogP contribution in [0.4, 0.5) is 0 Å². The Morgan fingerprint density at radius 3 is 2.68 bits per heavy atom. The van der Waals surface area contributed by atoms with E-state index >= 15 is 0 Å². The van der Waals surface area contributed by atoms with Crippen molar-refractivity contribution in [1.82, 2.24) is 15.8 Å². The lowest BCUT2D eigenvalue weighted by atomic mass is 10.4. The van der Waals surface area contributed by atoms with E-state index in [1.54, 1.807) is 18.4 Å². The van der Waals surface area contributed by atoms with Crippen molar-refractivity contribution in [3.8, 4) is 0 Å². The summed E-state index contributed by atoms with van der Waals surface area (Å²) in [5.41, 5.74) is 0.883. The molecule has 2 heterocycles. The Morgan fingerprint density at radius 2 is 2.11 bits per heavy atom. The summed E-state index contributed by atoms with van der Waals surface area (Å²) in [6.45, 7) is 5.35. The third-order valence-corrected chi connectivity index (χ3v) is 3.56. The van der Waals surface area contributed by atoms with Crippen molar-refractivity contribution in [2.24, 2.45) is 4.99 Å². The molecule has 0 saturated carbocycles. The van der Waals surface area contributed by atoms with Gasteiger partial charge in [-0.05, 0) is 26.0 Å². The molecule has 0 radical (unpaired) electrons. The quantitative estimate of drug-likeness (QED) is 0.665. The molecule has 2 aromatic heterocycles. The van der Waals surface area contributed by atoms with E-state index in [4.69, 9.17) is 4.52 Å². The van der Waals surface area contributed by atoms with E-state index in [-0.39, 0.29) is 0 Å². The largest absolute Gasteiger partial charge is 0.359 e. The van der Waals surface area contributed by atoms with Crippen LogP contribution in [0.5, 0.6) is 0 Å². The van der Waals surface area contributed by atoms with Gasteiger partial charge in [-0.15, -0.1) is 11.3 Å². The standard InChI is InChI=1S/C13H18N4OS/c1-9-6-11(18-17-9)7-15-13(14-3)16-8-12-5-4-10(2)19-12/h4-6H,7-8H2,1-3H3,(H2,14,15,16). The monoisotopic (exact) mass is 278 g/mol. The maximum Gasteiger partial charge on any atom is 0.191 e. The summed E-state index contributed by atoms with van der Waals surface area (Å²) in [7, 11) is 1.75. The minimum Gasteiger partial charge on any atom is -0.359 e. The zero-order valence-electron chi connectivity index (χ0n) is 11.4. The van der Waals surface area contributed by atoms with Gasteiger partial charge in [-0.25, -0.2) is 0 Å². The van der Waals surface area contributed by atoms with Crippen LogP contribution in [-0.4, -0.2) is 18.2 Å². The SMILES string of the molecule is CN=C(NCc1cc(C)no1)NCc1ccc(C)s1. The molecule has 2 N–H and O–H groups in total. The summed E-state index contributed by atoms with van der Waals surface area (Å²) in [5.74, 6) is 1.55. The number of guanidine groups is 1. The number of aryl methyl sites for hydroxylation is 2. The fraction of sp³-hybridized carbons (Fsp3) is 0.385. The van der Waals surface area contributed by atoms with Crippen LogP contribution in [0.25, 0.3) is 0 Å². The Hall–Kier alpha value is -1.82. The minimum atomic E-state index is 0.573. The van der Waals surface area contributed by atoms with Crippen LogP contribution >= 0.6 is 11.3 Å². The molecule has 0 unspecified atom stereocenters. The third kappa shape index (κ3) is 4.10. The summed E-state index contributed by atoms with van der Waals surface area (Å²) in [4.78, 5) is 6.77. The van der Waals surface area contributed by atoms with Crippen LogP contribution in [-0.2, 0) is 13.1 Å². The second kappa shape index (κ2) is 6.38. The first-order valence-corrected chi connectivity index (χ1v) is 6.91. The molecule has 5 nitrogen and oxygen atoms in total. The summed E-state index contributed by atoms with van der Waals surface area (Å²) < 4.78 is 5.13. The van der Waals surface area contributed by atoms with Gasteiger partial charge in [0.2, 0.25) is 0 Å². The fourth-order valence-corrected chi connectivity index (χ4v) is 2.47. The van der Waals surface area contributed by atoms with Crippen LogP contribution in [0.3, 0.4) is 0 Å². The number of hydrogen-bond donors (Lipinski definition) is 2. The highest BCUT2D eigenvalue weighted by atomic mass is 32.1. The zero-order valence-corrected chi connectivity index (χ0v) is 12.2. The molecule has 102 valence electrons. The van der Waals surface area contributed by atoms with E-state index in [9.17, 15) is 0 Å². The number of aromatic nitrogens is 1. The van der Waals surface area contributed by atoms with Crippen LogP contribution < -0.4 is 10.6 Å². The van der Waals surface area contributed by atoms with E-state index < -0.39 is 0 Å². The van der Waals surface area contributed by atoms with Gasteiger partial charge in [0.1, 0.15) is 0 Å². The van der Waals surface area contributed by atoms with E-state index in [0.717, 1.165) is 24.0 Å². The first-order valence-electron chi connectivity index (χ1n) is 6.09. The third-order valence-electron chi connectivity index (χ3n) is 2.56. The Balaban J connectivity index is 1.80. The van der Waals surface area contributed by atoms with Gasteiger partial charge in [0.25, 0.3) is 0 Å². The van der Waals surface area contributed by atoms with Gasteiger partial charge < -0.3 is 15.2 Å². The number of aliphatic imine (C=N–C) groups is 1. The molecule has 0 atom stereocenters. The van der Waals surface area contributed by atoms with Crippen molar-refractivity contribution in [2.45, 2.75) is 26.9 Å². The Kier molecular flexibility index (Phi) is 4.57. The van der Waals surface area contributed by atoms with Crippen molar-refractivity contribution in [3.05, 3.63) is 39.4 Å². The molecule has 0 saturated heterocycles. The van der Waals surface area contributed by atoms with Crippen LogP contribution in [0.1, 0.15) is 21.2 Å². The average Bonchev–Trinajstić information content (AvgIpc) is 2.99. The number of nitrogens with zero attached hydrogens (tertiary/aromatic N) is 2. The molecule has 0 bridgehead atoms. The predicted molar refractivity (Wildman–Crippen MR) is 77.3 cm³/mol. The molecule has 2 rings (SSSR count). The topological polar surface area (TPSA) is 62.5 Å². The van der Waals surface area contributed by atoms with Gasteiger partial charge in [-0.2, -0.15) is 0 Å². The lowest BCUT2D eigenvalue weighted by molar-refractivity contribution is 0.376. The Labute approximate surface area is 116 Å². The molecule has 0 amide bonds. The molecule has 0 aliphatic rings. The van der Waals surface area contributed by atoms with E-state index in [1.807, 2.05) is 13.0 Å². The Bertz CT molecular complexity index is 512. The molecule has 0 spiro atoms. The van der Waals surface area contributed by atoms with Crippen LogP contribution in [0, 0.1) is 13.8 Å². The van der Waals surface area contributed by atoms with E-state index in [1.165, 1.54) is 9.75 Å². The van der Waals surface area contributed by atoms with E-state index in [2.05, 4.69) is 39.8 Å². The van der Waals surface area contributed by atoms with Crippen molar-refractivity contribution in [1.29, 1.82) is 0 Å². The number of thiophene rings is 1. The lowest BCUT2D eigenvalue weighted by Crippen LogP contribution is -2.36. The molecule has 2 aromatic rings. The van der Waals surface area contributed by atoms with Crippen LogP contribution in [0.15, 0.2) is 27.7 Å². The lowest BCUT2D eigenvalue weighted by Gasteiger charge is -2.09. The fourth-order valence-electron chi connectivity index (χ4n) is 1.64. The highest BCUT2D eigenvalue weighted by Gasteiger charge is 2.03. The smallest absolute Gasteiger partial charge is 0.191 e. The van der Waals surface area contributed by atoms with Gasteiger partial charge in [-0.3, -0.25) is 4.99 Å². The second-order valence-electron chi connectivity index (χ2n) is 4.23. The summed E-state index contributed by atoms with van der Waals surface area (Å²) in [6, 6.07) is 6.15. The molecule has 0 fully saturated rings. The number of nitrogens with one attached hydrogen (secondary N) is 2. The maximum atomic E-state index is 5.13. The molecule has 0 aromatic carbocycles. The van der Waals surface area contributed by atoms with Crippen LogP contribution in [0.2, 0.25) is 0 Å². The molecule has 6 heteroatoms. The average molecular weight is 278 g/mol. The number of hydrogen-bond acceptors (Lipinski definition) is 4. The van der Waals surface area contributed by atoms with Gasteiger partial charge in [0.15, 0.2) is 11.7 Å². The van der Waals surface area contributed by atoms with Crippen molar-refractivity contribution in [2.75, 3.05) is 7.05 Å². The minimum absolute atomic E-state index is 0.573. The van der Waals surface area contributed by atoms with Crippen molar-refractivity contribution >= 4 is 17.3 Å². The Morgan fingerprint density at radius 1 is 1.32 bits per heavy atom. The zero-order chi connectivity index (χ0) is 13.7. The molecule has 0 aliphatic heterocycles. The number of rotatable bonds is 4. The van der Waals surface area contributed by atoms with Gasteiger partial charge in [0.05, 0.1) is 18.8 Å². The van der Waals surface area contributed by atoms with Gasteiger partial charge in [-0.1, -0.05) is 5.16 Å². The molecule has 0 aliphatic carbocycles. The second-order valence-corrected chi connectivity index (χ2v) is 5.60. The first-order chi connectivity index (χ1) is 9.17. The normalized spacial score (nSPS) is 11.6. The summed E-state index contributed by atoms with van der Waals surface area (Å²) >= 11 is 1.78. The van der Waals surface area contributed by atoms with Crippen molar-refractivity contribution in [3.63, 3.8) is 0 Å². The first kappa shape index (κ1) is 13.6.